The normalized spacial score (nSPS) is 12.0. The van der Waals surface area contributed by atoms with Gasteiger partial charge in [0.05, 0.1) is 29.1 Å². The first-order chi connectivity index (χ1) is 16.4. The zero-order valence-corrected chi connectivity index (χ0v) is 21.1. The molecule has 3 N–H and O–H groups in total. The van der Waals surface area contributed by atoms with Gasteiger partial charge < -0.3 is 20.4 Å². The van der Waals surface area contributed by atoms with Gasteiger partial charge in [-0.3, -0.25) is 9.69 Å². The van der Waals surface area contributed by atoms with Crippen LogP contribution in [0, 0.1) is 11.8 Å². The van der Waals surface area contributed by atoms with Gasteiger partial charge in [0.25, 0.3) is 0 Å². The number of carbonyl (C=O) groups is 2. The summed E-state index contributed by atoms with van der Waals surface area (Å²) in [5, 5.41) is 2.89. The smallest absolute Gasteiger partial charge is 0.415 e. The summed E-state index contributed by atoms with van der Waals surface area (Å²) in [6.45, 7) is 8.82. The van der Waals surface area contributed by atoms with E-state index in [0.29, 0.717) is 28.7 Å². The van der Waals surface area contributed by atoms with E-state index in [9.17, 15) is 9.59 Å². The molecule has 0 radical (unpaired) electrons. The van der Waals surface area contributed by atoms with Crippen LogP contribution in [-0.2, 0) is 16.6 Å². The number of nitrogen functional groups attached to an aromatic ring is 1. The van der Waals surface area contributed by atoms with Crippen LogP contribution in [0.1, 0.15) is 64.0 Å². The lowest BCUT2D eigenvalue weighted by atomic mass is 10.1. The Kier molecular flexibility index (Phi) is 7.29. The first kappa shape index (κ1) is 25.5. The number of carbonyl (C=O) groups excluding carboxylic acids is 2. The van der Waals surface area contributed by atoms with Gasteiger partial charge in [0, 0.05) is 21.0 Å². The highest BCUT2D eigenvalue weighted by Gasteiger charge is 2.25. The van der Waals surface area contributed by atoms with E-state index in [0.717, 1.165) is 5.69 Å². The predicted octanol–water partition coefficient (Wildman–Crippen LogP) is 3.30. The number of aryl methyl sites for hydroxylation is 1. The molecule has 0 saturated heterocycles. The molecule has 0 bridgehead atoms. The first-order valence-corrected chi connectivity index (χ1v) is 11.2. The maximum absolute atomic E-state index is 12.6. The van der Waals surface area contributed by atoms with Crippen LogP contribution in [0.3, 0.4) is 0 Å². The largest absolute Gasteiger partial charge is 0.443 e. The predicted molar refractivity (Wildman–Crippen MR) is 135 cm³/mol. The van der Waals surface area contributed by atoms with Gasteiger partial charge in [-0.25, -0.2) is 19.7 Å². The first-order valence-electron chi connectivity index (χ1n) is 11.2. The molecule has 10 heteroatoms. The van der Waals surface area contributed by atoms with Gasteiger partial charge in [-0.15, -0.1) is 0 Å². The van der Waals surface area contributed by atoms with Crippen LogP contribution < -0.4 is 16.0 Å². The third-order valence-corrected chi connectivity index (χ3v) is 5.08. The van der Waals surface area contributed by atoms with Gasteiger partial charge in [-0.1, -0.05) is 18.9 Å². The summed E-state index contributed by atoms with van der Waals surface area (Å²) in [4.78, 5) is 38.9. The number of nitrogens with one attached hydrogen (secondary N) is 1. The second kappa shape index (κ2) is 10.0. The minimum Gasteiger partial charge on any atom is -0.443 e. The zero-order valence-electron chi connectivity index (χ0n) is 21.1. The highest BCUT2D eigenvalue weighted by Crippen LogP contribution is 2.29. The molecule has 1 unspecified atom stereocenters. The van der Waals surface area contributed by atoms with Crippen molar-refractivity contribution < 1.29 is 14.3 Å². The summed E-state index contributed by atoms with van der Waals surface area (Å²) in [6.07, 6.45) is 1.74. The van der Waals surface area contributed by atoms with Crippen LogP contribution in [0.15, 0.2) is 24.5 Å². The van der Waals surface area contributed by atoms with Gasteiger partial charge >= 0.3 is 6.09 Å². The SMILES string of the molecule is CCC(NC(C)=O)c1cccc(C#Cc2c(N)nc(N(C)C(=O)OC(C)(C)C)c3ncn(C)c23)n1. The second-order valence-corrected chi connectivity index (χ2v) is 9.15. The van der Waals surface area contributed by atoms with Crippen molar-refractivity contribution in [2.75, 3.05) is 17.7 Å². The van der Waals surface area contributed by atoms with Crippen molar-refractivity contribution in [1.82, 2.24) is 24.8 Å². The number of pyridine rings is 2. The Hall–Kier alpha value is -4.13. The summed E-state index contributed by atoms with van der Waals surface area (Å²) < 4.78 is 7.23. The molecule has 35 heavy (non-hydrogen) atoms. The van der Waals surface area contributed by atoms with Crippen molar-refractivity contribution in [3.63, 3.8) is 0 Å². The highest BCUT2D eigenvalue weighted by molar-refractivity contribution is 6.00. The number of hydrogen-bond acceptors (Lipinski definition) is 7. The minimum absolute atomic E-state index is 0.121. The lowest BCUT2D eigenvalue weighted by Crippen LogP contribution is -2.34. The molecule has 3 rings (SSSR count). The monoisotopic (exact) mass is 477 g/mol. The van der Waals surface area contributed by atoms with Gasteiger partial charge in [-0.05, 0) is 45.2 Å². The Morgan fingerprint density at radius 2 is 1.97 bits per heavy atom. The van der Waals surface area contributed by atoms with E-state index in [1.807, 2.05) is 26.1 Å². The number of hydrogen-bond donors (Lipinski definition) is 2. The molecule has 184 valence electrons. The molecule has 2 amide bonds. The molecule has 3 aromatic rings. The average molecular weight is 478 g/mol. The van der Waals surface area contributed by atoms with E-state index in [-0.39, 0.29) is 23.6 Å². The van der Waals surface area contributed by atoms with Crippen molar-refractivity contribution >= 4 is 34.7 Å². The van der Waals surface area contributed by atoms with E-state index >= 15 is 0 Å². The summed E-state index contributed by atoms with van der Waals surface area (Å²) in [7, 11) is 3.37. The van der Waals surface area contributed by atoms with E-state index in [4.69, 9.17) is 10.5 Å². The van der Waals surface area contributed by atoms with Gasteiger partial charge in [0.1, 0.15) is 22.6 Å². The fourth-order valence-corrected chi connectivity index (χ4v) is 3.48. The number of nitrogens with two attached hydrogens (primary N) is 1. The van der Waals surface area contributed by atoms with Gasteiger partial charge in [0.2, 0.25) is 5.91 Å². The number of imidazole rings is 1. The third kappa shape index (κ3) is 5.87. The maximum Gasteiger partial charge on any atom is 0.415 e. The van der Waals surface area contributed by atoms with Crippen LogP contribution in [0.5, 0.6) is 0 Å². The quantitative estimate of drug-likeness (QED) is 0.552. The van der Waals surface area contributed by atoms with Crippen molar-refractivity contribution in [3.05, 3.63) is 41.5 Å². The molecule has 1 atom stereocenters. The molecular weight excluding hydrogens is 446 g/mol. The van der Waals surface area contributed by atoms with Crippen molar-refractivity contribution in [2.45, 2.75) is 52.7 Å². The summed E-state index contributed by atoms with van der Waals surface area (Å²) in [5.74, 6) is 6.43. The fourth-order valence-electron chi connectivity index (χ4n) is 3.48. The molecule has 3 aromatic heterocycles. The van der Waals surface area contributed by atoms with Crippen LogP contribution in [0.2, 0.25) is 0 Å². The van der Waals surface area contributed by atoms with Crippen molar-refractivity contribution in [3.8, 4) is 11.8 Å². The Morgan fingerprint density at radius 1 is 1.26 bits per heavy atom. The topological polar surface area (TPSA) is 128 Å². The Morgan fingerprint density at radius 3 is 2.60 bits per heavy atom. The number of fused-ring (bicyclic) bond motifs is 1. The molecule has 0 aromatic carbocycles. The number of rotatable bonds is 4. The van der Waals surface area contributed by atoms with E-state index < -0.39 is 11.7 Å². The Bertz CT molecular complexity index is 1330. The number of anilines is 2. The van der Waals surface area contributed by atoms with Crippen LogP contribution in [-0.4, -0.2) is 44.2 Å². The number of ether oxygens (including phenoxy) is 1. The minimum atomic E-state index is -0.663. The number of amides is 2. The summed E-state index contributed by atoms with van der Waals surface area (Å²) in [6, 6.07) is 5.28. The molecule has 0 fully saturated rings. The number of aromatic nitrogens is 4. The molecular formula is C25H31N7O3. The average Bonchev–Trinajstić information content (AvgIpc) is 3.16. The van der Waals surface area contributed by atoms with Crippen molar-refractivity contribution in [1.29, 1.82) is 0 Å². The second-order valence-electron chi connectivity index (χ2n) is 9.15. The van der Waals surface area contributed by atoms with Crippen LogP contribution in [0.25, 0.3) is 11.0 Å². The lowest BCUT2D eigenvalue weighted by molar-refractivity contribution is -0.119. The maximum atomic E-state index is 12.6. The molecule has 0 aliphatic heterocycles. The molecule has 3 heterocycles. The molecule has 0 spiro atoms. The standard InChI is InChI=1S/C25H31N7O3/c1-8-18(28-15(2)33)19-11-9-10-16(29-19)12-13-17-21-20(27-14-31(21)6)23(30-22(17)26)32(7)24(34)35-25(3,4)5/h9-11,14,18H,8H2,1-7H3,(H2,26,30)(H,28,33). The number of nitrogens with zero attached hydrogens (tertiary/aromatic N) is 5. The molecule has 0 aliphatic rings. The summed E-state index contributed by atoms with van der Waals surface area (Å²) >= 11 is 0. The Balaban J connectivity index is 2.03. The van der Waals surface area contributed by atoms with Crippen LogP contribution >= 0.6 is 0 Å². The van der Waals surface area contributed by atoms with E-state index in [1.165, 1.54) is 11.8 Å². The van der Waals surface area contributed by atoms with Gasteiger partial charge in [-0.2, -0.15) is 0 Å². The molecule has 0 aliphatic carbocycles. The fraction of sp³-hybridized carbons (Fsp3) is 0.400. The van der Waals surface area contributed by atoms with Gasteiger partial charge in [0.15, 0.2) is 5.82 Å². The third-order valence-electron chi connectivity index (χ3n) is 5.08. The summed E-state index contributed by atoms with van der Waals surface area (Å²) in [5.41, 5.74) is 8.46. The van der Waals surface area contributed by atoms with E-state index in [2.05, 4.69) is 32.1 Å². The van der Waals surface area contributed by atoms with Crippen LogP contribution in [0.4, 0.5) is 16.4 Å². The van der Waals surface area contributed by atoms with E-state index in [1.54, 1.807) is 44.8 Å². The zero-order chi connectivity index (χ0) is 25.9. The molecule has 10 nitrogen and oxygen atoms in total. The lowest BCUT2D eigenvalue weighted by Gasteiger charge is -2.24. The molecule has 0 saturated carbocycles. The highest BCUT2D eigenvalue weighted by atomic mass is 16.6. The van der Waals surface area contributed by atoms with Crippen molar-refractivity contribution in [2.24, 2.45) is 7.05 Å². The Labute approximate surface area is 204 Å².